The standard InChI is InChI=1S/C14H18N2O4/c1-10-2-3-12(16(19)20)11(8-10)13(18)15-9-14(4-5-14)6-7-17/h2-3,8,17H,4-7,9H2,1H3,(H,15,18). The Morgan fingerprint density at radius 3 is 2.75 bits per heavy atom. The second-order valence-electron chi connectivity index (χ2n) is 5.43. The predicted octanol–water partition coefficient (Wildman–Crippen LogP) is 1.80. The summed E-state index contributed by atoms with van der Waals surface area (Å²) in [4.78, 5) is 22.5. The van der Waals surface area contributed by atoms with Gasteiger partial charge in [-0.2, -0.15) is 0 Å². The molecule has 1 saturated carbocycles. The van der Waals surface area contributed by atoms with Gasteiger partial charge in [-0.1, -0.05) is 6.07 Å². The molecule has 2 rings (SSSR count). The van der Waals surface area contributed by atoms with Crippen LogP contribution in [-0.2, 0) is 0 Å². The Morgan fingerprint density at radius 2 is 2.20 bits per heavy atom. The van der Waals surface area contributed by atoms with Gasteiger partial charge in [0, 0.05) is 19.2 Å². The van der Waals surface area contributed by atoms with Crippen LogP contribution in [0.2, 0.25) is 0 Å². The van der Waals surface area contributed by atoms with E-state index in [1.165, 1.54) is 12.1 Å². The zero-order chi connectivity index (χ0) is 14.8. The smallest absolute Gasteiger partial charge is 0.282 e. The minimum atomic E-state index is -0.547. The lowest BCUT2D eigenvalue weighted by Crippen LogP contribution is -2.31. The van der Waals surface area contributed by atoms with Gasteiger partial charge in [-0.05, 0) is 43.2 Å². The Kier molecular flexibility index (Phi) is 4.04. The molecule has 0 heterocycles. The highest BCUT2D eigenvalue weighted by molar-refractivity contribution is 5.98. The van der Waals surface area contributed by atoms with E-state index in [1.54, 1.807) is 13.0 Å². The second-order valence-corrected chi connectivity index (χ2v) is 5.43. The van der Waals surface area contributed by atoms with Gasteiger partial charge in [-0.15, -0.1) is 0 Å². The van der Waals surface area contributed by atoms with E-state index in [1.807, 2.05) is 0 Å². The normalized spacial score (nSPS) is 15.7. The van der Waals surface area contributed by atoms with E-state index in [0.717, 1.165) is 18.4 Å². The third-order valence-electron chi connectivity index (χ3n) is 3.82. The zero-order valence-electron chi connectivity index (χ0n) is 11.4. The van der Waals surface area contributed by atoms with E-state index < -0.39 is 10.8 Å². The van der Waals surface area contributed by atoms with Gasteiger partial charge in [-0.3, -0.25) is 14.9 Å². The molecule has 6 heteroatoms. The van der Waals surface area contributed by atoms with E-state index in [-0.39, 0.29) is 23.3 Å². The van der Waals surface area contributed by atoms with E-state index in [9.17, 15) is 14.9 Å². The number of carbonyl (C=O) groups is 1. The molecular weight excluding hydrogens is 260 g/mol. The molecule has 1 aliphatic carbocycles. The lowest BCUT2D eigenvalue weighted by atomic mass is 10.0. The molecule has 0 spiro atoms. The lowest BCUT2D eigenvalue weighted by Gasteiger charge is -2.14. The molecule has 6 nitrogen and oxygen atoms in total. The number of nitro groups is 1. The van der Waals surface area contributed by atoms with Crippen LogP contribution in [0.15, 0.2) is 18.2 Å². The summed E-state index contributed by atoms with van der Waals surface area (Å²) in [5.74, 6) is -0.426. The van der Waals surface area contributed by atoms with Gasteiger partial charge < -0.3 is 10.4 Å². The molecule has 1 aliphatic rings. The number of benzene rings is 1. The average molecular weight is 278 g/mol. The molecule has 20 heavy (non-hydrogen) atoms. The van der Waals surface area contributed by atoms with Crippen LogP contribution < -0.4 is 5.32 Å². The van der Waals surface area contributed by atoms with Crippen LogP contribution in [0, 0.1) is 22.5 Å². The Bertz CT molecular complexity index is 538. The first-order valence-electron chi connectivity index (χ1n) is 6.61. The molecule has 0 aromatic heterocycles. The largest absolute Gasteiger partial charge is 0.396 e. The Labute approximate surface area is 117 Å². The predicted molar refractivity (Wildman–Crippen MR) is 73.5 cm³/mol. The number of carbonyl (C=O) groups excluding carboxylic acids is 1. The van der Waals surface area contributed by atoms with Crippen molar-refractivity contribution in [1.29, 1.82) is 0 Å². The number of nitrogens with one attached hydrogen (secondary N) is 1. The van der Waals surface area contributed by atoms with Crippen LogP contribution in [0.1, 0.15) is 35.2 Å². The monoisotopic (exact) mass is 278 g/mol. The molecule has 1 aromatic rings. The third-order valence-corrected chi connectivity index (χ3v) is 3.82. The van der Waals surface area contributed by atoms with Gasteiger partial charge in [0.1, 0.15) is 5.56 Å². The summed E-state index contributed by atoms with van der Waals surface area (Å²) in [5.41, 5.74) is 0.704. The minimum absolute atomic E-state index is 0.0109. The van der Waals surface area contributed by atoms with Gasteiger partial charge >= 0.3 is 0 Å². The van der Waals surface area contributed by atoms with Crippen molar-refractivity contribution in [2.24, 2.45) is 5.41 Å². The number of aliphatic hydroxyl groups excluding tert-OH is 1. The Balaban J connectivity index is 2.09. The van der Waals surface area contributed by atoms with Crippen LogP contribution in [0.3, 0.4) is 0 Å². The quantitative estimate of drug-likeness (QED) is 0.613. The fourth-order valence-corrected chi connectivity index (χ4v) is 2.28. The number of rotatable bonds is 6. The fraction of sp³-hybridized carbons (Fsp3) is 0.500. The molecule has 0 radical (unpaired) electrons. The summed E-state index contributed by atoms with van der Waals surface area (Å²) >= 11 is 0. The van der Waals surface area contributed by atoms with Crippen molar-refractivity contribution in [2.75, 3.05) is 13.2 Å². The molecular formula is C14H18N2O4. The highest BCUT2D eigenvalue weighted by Crippen LogP contribution is 2.47. The van der Waals surface area contributed by atoms with Crippen molar-refractivity contribution in [2.45, 2.75) is 26.2 Å². The van der Waals surface area contributed by atoms with Gasteiger partial charge in [0.2, 0.25) is 0 Å². The molecule has 1 amide bonds. The third kappa shape index (κ3) is 3.14. The minimum Gasteiger partial charge on any atom is -0.396 e. The molecule has 0 saturated heterocycles. The first-order chi connectivity index (χ1) is 9.47. The summed E-state index contributed by atoms with van der Waals surface area (Å²) in [7, 11) is 0. The van der Waals surface area contributed by atoms with E-state index in [0.29, 0.717) is 13.0 Å². The van der Waals surface area contributed by atoms with Crippen LogP contribution in [0.4, 0.5) is 5.69 Å². The maximum absolute atomic E-state index is 12.1. The van der Waals surface area contributed by atoms with Crippen molar-refractivity contribution in [3.8, 4) is 0 Å². The molecule has 2 N–H and O–H groups in total. The summed E-state index contributed by atoms with van der Waals surface area (Å²) in [6.45, 7) is 2.34. The van der Waals surface area contributed by atoms with E-state index in [2.05, 4.69) is 5.32 Å². The van der Waals surface area contributed by atoms with Crippen molar-refractivity contribution >= 4 is 11.6 Å². The maximum atomic E-state index is 12.1. The van der Waals surface area contributed by atoms with Crippen molar-refractivity contribution in [1.82, 2.24) is 5.32 Å². The molecule has 108 valence electrons. The van der Waals surface area contributed by atoms with Crippen LogP contribution >= 0.6 is 0 Å². The van der Waals surface area contributed by atoms with Crippen LogP contribution in [0.5, 0.6) is 0 Å². The molecule has 0 bridgehead atoms. The van der Waals surface area contributed by atoms with Crippen molar-refractivity contribution < 1.29 is 14.8 Å². The zero-order valence-corrected chi connectivity index (χ0v) is 11.4. The van der Waals surface area contributed by atoms with Gasteiger partial charge in [-0.25, -0.2) is 0 Å². The van der Waals surface area contributed by atoms with Gasteiger partial charge in [0.05, 0.1) is 4.92 Å². The number of nitro benzene ring substituents is 1. The highest BCUT2D eigenvalue weighted by atomic mass is 16.6. The number of nitrogens with zero attached hydrogens (tertiary/aromatic N) is 1. The first kappa shape index (κ1) is 14.5. The van der Waals surface area contributed by atoms with Gasteiger partial charge in [0.25, 0.3) is 11.6 Å². The SMILES string of the molecule is Cc1ccc([N+](=O)[O-])c(C(=O)NCC2(CCO)CC2)c1. The van der Waals surface area contributed by atoms with Gasteiger partial charge in [0.15, 0.2) is 0 Å². The Hall–Kier alpha value is -1.95. The number of aliphatic hydroxyl groups is 1. The van der Waals surface area contributed by atoms with E-state index in [4.69, 9.17) is 5.11 Å². The van der Waals surface area contributed by atoms with Crippen molar-refractivity contribution in [3.63, 3.8) is 0 Å². The highest BCUT2D eigenvalue weighted by Gasteiger charge is 2.42. The number of hydrogen-bond donors (Lipinski definition) is 2. The summed E-state index contributed by atoms with van der Waals surface area (Å²) in [6.07, 6.45) is 2.61. The molecule has 0 atom stereocenters. The summed E-state index contributed by atoms with van der Waals surface area (Å²) < 4.78 is 0. The molecule has 0 unspecified atom stereocenters. The number of hydrogen-bond acceptors (Lipinski definition) is 4. The fourth-order valence-electron chi connectivity index (χ4n) is 2.28. The van der Waals surface area contributed by atoms with Crippen LogP contribution in [-0.4, -0.2) is 29.1 Å². The number of aryl methyl sites for hydroxylation is 1. The second kappa shape index (κ2) is 5.58. The van der Waals surface area contributed by atoms with Crippen LogP contribution in [0.25, 0.3) is 0 Å². The topological polar surface area (TPSA) is 92.5 Å². The molecule has 1 fully saturated rings. The summed E-state index contributed by atoms with van der Waals surface area (Å²) in [5, 5.41) is 22.7. The lowest BCUT2D eigenvalue weighted by molar-refractivity contribution is -0.385. The van der Waals surface area contributed by atoms with E-state index >= 15 is 0 Å². The Morgan fingerprint density at radius 1 is 1.50 bits per heavy atom. The number of amides is 1. The van der Waals surface area contributed by atoms with Crippen molar-refractivity contribution in [3.05, 3.63) is 39.4 Å². The average Bonchev–Trinajstić information content (AvgIpc) is 3.16. The maximum Gasteiger partial charge on any atom is 0.282 e. The molecule has 0 aliphatic heterocycles. The molecule has 1 aromatic carbocycles. The summed E-state index contributed by atoms with van der Waals surface area (Å²) in [6, 6.07) is 4.49. The first-order valence-corrected chi connectivity index (χ1v) is 6.61.